The number of nitrogens with zero attached hydrogens (tertiary/aromatic N) is 8. The fraction of sp³-hybridized carbons (Fsp3) is 0.472. The number of carbonyl (C=O) groups excluding carboxylic acids is 2. The van der Waals surface area contributed by atoms with Crippen LogP contribution in [0.1, 0.15) is 85.5 Å². The molecule has 1 saturated heterocycles. The first-order valence-electron chi connectivity index (χ1n) is 17.6. The Bertz CT molecular complexity index is 2240. The largest absolute Gasteiger partial charge is 0.503 e. The number of amides is 2. The van der Waals surface area contributed by atoms with Gasteiger partial charge in [-0.2, -0.15) is 22.7 Å². The van der Waals surface area contributed by atoms with Gasteiger partial charge in [-0.15, -0.1) is 5.10 Å². The van der Waals surface area contributed by atoms with E-state index in [2.05, 4.69) is 20.4 Å². The molecule has 1 spiro atoms. The average Bonchev–Trinajstić information content (AvgIpc) is 3.71. The van der Waals surface area contributed by atoms with E-state index < -0.39 is 29.0 Å². The normalized spacial score (nSPS) is 18.3. The highest BCUT2D eigenvalue weighted by atomic mass is 35.5. The van der Waals surface area contributed by atoms with Crippen LogP contribution in [-0.2, 0) is 27.7 Å². The van der Waals surface area contributed by atoms with Crippen LogP contribution < -0.4 is 15.8 Å². The lowest BCUT2D eigenvalue weighted by molar-refractivity contribution is -0.137. The van der Waals surface area contributed by atoms with Gasteiger partial charge in [0.15, 0.2) is 23.1 Å². The van der Waals surface area contributed by atoms with E-state index in [1.807, 2.05) is 26.8 Å². The van der Waals surface area contributed by atoms with Gasteiger partial charge in [0.25, 0.3) is 11.5 Å². The second-order valence-corrected chi connectivity index (χ2v) is 14.8. The Labute approximate surface area is 312 Å². The number of carbonyl (C=O) groups is 2. The first kappa shape index (κ1) is 37.3. The van der Waals surface area contributed by atoms with E-state index in [1.165, 1.54) is 10.8 Å². The molecule has 1 unspecified atom stereocenters. The van der Waals surface area contributed by atoms with Crippen molar-refractivity contribution in [1.29, 1.82) is 0 Å². The standard InChI is InChI=1S/C36H39ClF3N9O5/c1-19(2)46(4)31-29(51)27(41-18-42-31)33(53)47-11-9-35(10-12-47)16-20(3)28-26(35)32(52)49-34(44-30(45-49)21-7-13-54-14-8-21)48(28)17-25(50)43-24-6-5-22(15-23(24)37)36(38,39)40/h5-7,15,18-20,51H,8-14,16-17H2,1-4H3,(H,43,50). The van der Waals surface area contributed by atoms with Crippen LogP contribution in [-0.4, -0.2) is 90.3 Å². The lowest BCUT2D eigenvalue weighted by atomic mass is 9.73. The van der Waals surface area contributed by atoms with Gasteiger partial charge < -0.3 is 29.5 Å². The average molecular weight is 770 g/mol. The zero-order chi connectivity index (χ0) is 38.7. The molecule has 0 saturated carbocycles. The van der Waals surface area contributed by atoms with Crippen molar-refractivity contribution >= 4 is 46.3 Å². The van der Waals surface area contributed by atoms with Crippen LogP contribution in [0.5, 0.6) is 5.75 Å². The molecule has 4 aromatic rings. The summed E-state index contributed by atoms with van der Waals surface area (Å²) in [6, 6.07) is 2.68. The van der Waals surface area contributed by atoms with Gasteiger partial charge >= 0.3 is 6.18 Å². The molecule has 54 heavy (non-hydrogen) atoms. The molecule has 1 atom stereocenters. The summed E-state index contributed by atoms with van der Waals surface area (Å²) in [6.45, 7) is 6.84. The maximum atomic E-state index is 14.5. The van der Waals surface area contributed by atoms with E-state index in [-0.39, 0.29) is 70.9 Å². The fourth-order valence-corrected chi connectivity index (χ4v) is 8.02. The molecule has 0 bridgehead atoms. The van der Waals surface area contributed by atoms with Gasteiger partial charge in [0.05, 0.1) is 29.5 Å². The van der Waals surface area contributed by atoms with Crippen LogP contribution in [0.25, 0.3) is 11.4 Å². The Hall–Kier alpha value is -5.03. The molecule has 2 amide bonds. The molecule has 3 aliphatic rings. The third kappa shape index (κ3) is 6.56. The van der Waals surface area contributed by atoms with Crippen molar-refractivity contribution in [2.45, 2.75) is 76.6 Å². The summed E-state index contributed by atoms with van der Waals surface area (Å²) >= 11 is 6.16. The number of alkyl halides is 3. The summed E-state index contributed by atoms with van der Waals surface area (Å²) < 4.78 is 48.1. The topological polar surface area (TPSA) is 160 Å². The van der Waals surface area contributed by atoms with Gasteiger partial charge in [-0.1, -0.05) is 24.6 Å². The van der Waals surface area contributed by atoms with Crippen LogP contribution in [0.3, 0.4) is 0 Å². The highest BCUT2D eigenvalue weighted by Gasteiger charge is 2.49. The molecule has 1 aliphatic carbocycles. The smallest absolute Gasteiger partial charge is 0.416 e. The molecule has 7 rings (SSSR count). The molecule has 5 heterocycles. The summed E-state index contributed by atoms with van der Waals surface area (Å²) in [4.78, 5) is 58.3. The van der Waals surface area contributed by atoms with Crippen LogP contribution in [0.15, 0.2) is 35.4 Å². The van der Waals surface area contributed by atoms with Crippen molar-refractivity contribution in [1.82, 2.24) is 34.0 Å². The van der Waals surface area contributed by atoms with E-state index in [0.29, 0.717) is 56.0 Å². The van der Waals surface area contributed by atoms with E-state index >= 15 is 0 Å². The molecule has 3 aromatic heterocycles. The molecular weight excluding hydrogens is 731 g/mol. The number of hydrogen-bond donors (Lipinski definition) is 2. The number of halogens is 4. The van der Waals surface area contributed by atoms with Crippen molar-refractivity contribution in [3.63, 3.8) is 0 Å². The van der Waals surface area contributed by atoms with Crippen molar-refractivity contribution < 1.29 is 32.6 Å². The summed E-state index contributed by atoms with van der Waals surface area (Å²) in [7, 11) is 1.76. The molecule has 2 aliphatic heterocycles. The highest BCUT2D eigenvalue weighted by Crippen LogP contribution is 2.50. The number of anilines is 2. The molecule has 18 heteroatoms. The minimum atomic E-state index is -4.61. The quantitative estimate of drug-likeness (QED) is 0.261. The highest BCUT2D eigenvalue weighted by molar-refractivity contribution is 6.33. The predicted molar refractivity (Wildman–Crippen MR) is 193 cm³/mol. The van der Waals surface area contributed by atoms with Crippen LogP contribution in [0, 0.1) is 0 Å². The number of rotatable bonds is 7. The number of ether oxygens (including phenoxy) is 1. The number of fused-ring (bicyclic) bond motifs is 3. The zero-order valence-electron chi connectivity index (χ0n) is 30.1. The Kier molecular flexibility index (Phi) is 9.66. The van der Waals surface area contributed by atoms with Gasteiger partial charge in [-0.25, -0.2) is 9.97 Å². The Morgan fingerprint density at radius 3 is 2.59 bits per heavy atom. The second kappa shape index (κ2) is 14.0. The van der Waals surface area contributed by atoms with E-state index in [9.17, 15) is 32.7 Å². The van der Waals surface area contributed by atoms with E-state index in [4.69, 9.17) is 21.3 Å². The van der Waals surface area contributed by atoms with Gasteiger partial charge in [0, 0.05) is 42.9 Å². The van der Waals surface area contributed by atoms with Crippen molar-refractivity contribution in [3.05, 3.63) is 74.3 Å². The number of benzene rings is 1. The minimum Gasteiger partial charge on any atom is -0.503 e. The van der Waals surface area contributed by atoms with E-state index in [1.54, 1.807) is 21.4 Å². The van der Waals surface area contributed by atoms with Crippen molar-refractivity contribution in [2.24, 2.45) is 0 Å². The third-order valence-corrected chi connectivity index (χ3v) is 11.0. The molecule has 0 radical (unpaired) electrons. The number of likely N-dealkylation sites (tertiary alicyclic amines) is 1. The maximum Gasteiger partial charge on any atom is 0.416 e. The SMILES string of the molecule is CC1CC2(CCN(C(=O)c3ncnc(N(C)C(C)C)c3O)CC2)c2c1n(CC(=O)Nc1ccc(C(F)(F)F)cc1Cl)c1nc(C3=CCOCC3)nn1c2=O. The third-order valence-electron chi connectivity index (χ3n) is 10.7. The first-order valence-corrected chi connectivity index (χ1v) is 18.0. The Morgan fingerprint density at radius 1 is 1.20 bits per heavy atom. The lowest BCUT2D eigenvalue weighted by Crippen LogP contribution is -2.47. The summed E-state index contributed by atoms with van der Waals surface area (Å²) in [5, 5.41) is 18.0. The molecule has 2 N–H and O–H groups in total. The molecule has 14 nitrogen and oxygen atoms in total. The number of piperidine rings is 1. The minimum absolute atomic E-state index is 0.00264. The maximum absolute atomic E-state index is 14.5. The second-order valence-electron chi connectivity index (χ2n) is 14.4. The van der Waals surface area contributed by atoms with Gasteiger partial charge in [0.2, 0.25) is 11.7 Å². The number of nitrogens with one attached hydrogen (secondary N) is 1. The van der Waals surface area contributed by atoms with Gasteiger partial charge in [-0.3, -0.25) is 14.4 Å². The molecule has 1 aromatic carbocycles. The summed E-state index contributed by atoms with van der Waals surface area (Å²) in [5.74, 6) is -0.854. The van der Waals surface area contributed by atoms with Crippen LogP contribution >= 0.6 is 11.6 Å². The van der Waals surface area contributed by atoms with E-state index in [0.717, 1.165) is 23.8 Å². The molecule has 1 fully saturated rings. The van der Waals surface area contributed by atoms with Gasteiger partial charge in [0.1, 0.15) is 12.9 Å². The summed E-state index contributed by atoms with van der Waals surface area (Å²) in [5.41, 5.74) is -0.217. The molecule has 286 valence electrons. The zero-order valence-corrected chi connectivity index (χ0v) is 30.8. The predicted octanol–water partition coefficient (Wildman–Crippen LogP) is 5.03. The fourth-order valence-electron chi connectivity index (χ4n) is 7.79. The molecular formula is C36H39ClF3N9O5. The Balaban J connectivity index is 1.24. The number of hydrogen-bond acceptors (Lipinski definition) is 10. The van der Waals surface area contributed by atoms with Crippen molar-refractivity contribution in [3.8, 4) is 5.75 Å². The first-order chi connectivity index (χ1) is 25.6. The van der Waals surface area contributed by atoms with Gasteiger partial charge in [-0.05, 0) is 69.2 Å². The monoisotopic (exact) mass is 769 g/mol. The van der Waals surface area contributed by atoms with Crippen LogP contribution in [0.2, 0.25) is 5.02 Å². The summed E-state index contributed by atoms with van der Waals surface area (Å²) in [6.07, 6.45) is 0.393. The lowest BCUT2D eigenvalue weighted by Gasteiger charge is -2.39. The van der Waals surface area contributed by atoms with Crippen LogP contribution in [0.4, 0.5) is 24.7 Å². The number of aromatic nitrogens is 6. The number of aromatic hydroxyl groups is 1. The Morgan fingerprint density at radius 2 is 1.94 bits per heavy atom. The van der Waals surface area contributed by atoms with Crippen molar-refractivity contribution in [2.75, 3.05) is 43.6 Å².